The summed E-state index contributed by atoms with van der Waals surface area (Å²) in [6.07, 6.45) is 2.79. The van der Waals surface area contributed by atoms with Gasteiger partial charge in [-0.05, 0) is 5.21 Å². The fourth-order valence-corrected chi connectivity index (χ4v) is 0.720. The fourth-order valence-electron chi connectivity index (χ4n) is 0.720. The van der Waals surface area contributed by atoms with E-state index in [0.717, 1.165) is 0 Å². The Morgan fingerprint density at radius 3 is 2.93 bits per heavy atom. The lowest BCUT2D eigenvalue weighted by Crippen LogP contribution is -2.16. The van der Waals surface area contributed by atoms with Gasteiger partial charge in [0.1, 0.15) is 0 Å². The zero-order valence-corrected chi connectivity index (χ0v) is 6.75. The second-order valence-electron chi connectivity index (χ2n) is 2.16. The minimum Gasteiger partial charge on any atom is -0.286 e. The van der Waals surface area contributed by atoms with Crippen LogP contribution in [0.4, 0.5) is 5.95 Å². The number of anilines is 1. The van der Waals surface area contributed by atoms with Crippen LogP contribution in [0.15, 0.2) is 12.4 Å². The van der Waals surface area contributed by atoms with Crippen LogP contribution >= 0.6 is 0 Å². The number of aromatic amines is 1. The molecule has 70 valence electrons. The number of hydrogen-bond acceptors (Lipinski definition) is 7. The van der Waals surface area contributed by atoms with Crippen molar-refractivity contribution in [3.05, 3.63) is 18.2 Å². The molecule has 14 heavy (non-hydrogen) atoms. The molecule has 0 aliphatic carbocycles. The van der Waals surface area contributed by atoms with Crippen molar-refractivity contribution in [3.63, 3.8) is 0 Å². The summed E-state index contributed by atoms with van der Waals surface area (Å²) in [6, 6.07) is 0. The Bertz CT molecular complexity index is 411. The molecule has 0 aliphatic heterocycles. The van der Waals surface area contributed by atoms with Gasteiger partial charge in [0.15, 0.2) is 0 Å². The molecule has 2 aromatic rings. The van der Waals surface area contributed by atoms with Gasteiger partial charge in [-0.25, -0.2) is 4.98 Å². The van der Waals surface area contributed by atoms with E-state index in [1.165, 1.54) is 12.4 Å². The van der Waals surface area contributed by atoms with Crippen molar-refractivity contribution in [2.24, 2.45) is 0 Å². The Hall–Kier alpha value is -2.45. The molecular formula is C5H4N8O. The van der Waals surface area contributed by atoms with Crippen molar-refractivity contribution in [2.45, 2.75) is 0 Å². The number of hydrogen-bond donors (Lipinski definition) is 2. The molecule has 2 heterocycles. The number of tetrazole rings is 1. The van der Waals surface area contributed by atoms with Gasteiger partial charge in [0.05, 0.1) is 12.4 Å². The predicted octanol–water partition coefficient (Wildman–Crippen LogP) is -1.36. The monoisotopic (exact) mass is 192 g/mol. The van der Waals surface area contributed by atoms with Gasteiger partial charge in [-0.2, -0.15) is 10.3 Å². The highest BCUT2D eigenvalue weighted by Gasteiger charge is 2.11. The highest BCUT2D eigenvalue weighted by Crippen LogP contribution is 1.94. The second kappa shape index (κ2) is 3.51. The quantitative estimate of drug-likeness (QED) is 0.602. The first kappa shape index (κ1) is 8.16. The smallest absolute Gasteiger partial charge is 0.286 e. The third-order valence-electron chi connectivity index (χ3n) is 1.26. The van der Waals surface area contributed by atoms with Gasteiger partial charge in [-0.3, -0.25) is 10.1 Å². The molecule has 9 heteroatoms. The van der Waals surface area contributed by atoms with E-state index >= 15 is 0 Å². The topological polar surface area (TPSA) is 122 Å². The number of nitrogens with zero attached hydrogens (tertiary/aromatic N) is 6. The minimum atomic E-state index is -0.549. The number of rotatable bonds is 2. The Kier molecular flexibility index (Phi) is 2.05. The molecule has 0 fully saturated rings. The molecule has 0 aromatic carbocycles. The van der Waals surface area contributed by atoms with Crippen LogP contribution in [-0.4, -0.2) is 41.7 Å². The molecule has 2 rings (SSSR count). The van der Waals surface area contributed by atoms with Crippen LogP contribution in [0, 0.1) is 0 Å². The third kappa shape index (κ3) is 1.65. The molecule has 0 saturated carbocycles. The van der Waals surface area contributed by atoms with Crippen molar-refractivity contribution >= 4 is 11.9 Å². The number of H-pyrrole nitrogens is 1. The van der Waals surface area contributed by atoms with Gasteiger partial charge in [-0.15, -0.1) is 15.3 Å². The Labute approximate surface area is 77.0 Å². The average Bonchev–Trinajstić information content (AvgIpc) is 2.72. The van der Waals surface area contributed by atoms with Gasteiger partial charge in [0, 0.05) is 0 Å². The van der Waals surface area contributed by atoms with E-state index < -0.39 is 5.91 Å². The summed E-state index contributed by atoms with van der Waals surface area (Å²) in [7, 11) is 0. The molecule has 2 N–H and O–H groups in total. The summed E-state index contributed by atoms with van der Waals surface area (Å²) in [5.41, 5.74) is 0. The molecule has 0 aliphatic rings. The van der Waals surface area contributed by atoms with Crippen LogP contribution in [0.2, 0.25) is 0 Å². The van der Waals surface area contributed by atoms with Crippen molar-refractivity contribution in [3.8, 4) is 0 Å². The highest BCUT2D eigenvalue weighted by atomic mass is 16.2. The van der Waals surface area contributed by atoms with E-state index in [2.05, 4.69) is 41.1 Å². The molecule has 0 radical (unpaired) electrons. The molecule has 0 unspecified atom stereocenters. The van der Waals surface area contributed by atoms with Crippen LogP contribution in [0.5, 0.6) is 0 Å². The second-order valence-corrected chi connectivity index (χ2v) is 2.16. The number of carbonyl (C=O) groups excluding carboxylic acids is 1. The molecule has 1 amide bonds. The zero-order valence-electron chi connectivity index (χ0n) is 6.75. The number of carbonyl (C=O) groups is 1. The Morgan fingerprint density at radius 2 is 2.29 bits per heavy atom. The summed E-state index contributed by atoms with van der Waals surface area (Å²) in [5, 5.41) is 21.7. The SMILES string of the molecule is O=C(Nc1nccnn1)c1nn[nH]n1. The molecular weight excluding hydrogens is 188 g/mol. The van der Waals surface area contributed by atoms with Crippen molar-refractivity contribution in [1.29, 1.82) is 0 Å². The summed E-state index contributed by atoms with van der Waals surface area (Å²) in [5.74, 6) is -0.550. The molecule has 9 nitrogen and oxygen atoms in total. The molecule has 2 aromatic heterocycles. The maximum absolute atomic E-state index is 11.3. The summed E-state index contributed by atoms with van der Waals surface area (Å²) in [4.78, 5) is 15.0. The lowest BCUT2D eigenvalue weighted by molar-refractivity contribution is 0.101. The number of nitrogens with one attached hydrogen (secondary N) is 2. The van der Waals surface area contributed by atoms with E-state index in [9.17, 15) is 4.79 Å². The van der Waals surface area contributed by atoms with Crippen LogP contribution < -0.4 is 5.32 Å². The number of aromatic nitrogens is 7. The lowest BCUT2D eigenvalue weighted by Gasteiger charge is -1.96. The van der Waals surface area contributed by atoms with Gasteiger partial charge in [-0.1, -0.05) is 0 Å². The Morgan fingerprint density at radius 1 is 1.36 bits per heavy atom. The molecule has 0 saturated heterocycles. The summed E-state index contributed by atoms with van der Waals surface area (Å²) >= 11 is 0. The first-order valence-electron chi connectivity index (χ1n) is 3.55. The van der Waals surface area contributed by atoms with Crippen LogP contribution in [-0.2, 0) is 0 Å². The van der Waals surface area contributed by atoms with Gasteiger partial charge >= 0.3 is 0 Å². The van der Waals surface area contributed by atoms with Crippen LogP contribution in [0.1, 0.15) is 10.6 Å². The molecule has 0 atom stereocenters. The van der Waals surface area contributed by atoms with E-state index in [1.807, 2.05) is 0 Å². The maximum Gasteiger partial charge on any atom is 0.299 e. The fraction of sp³-hybridized carbons (Fsp3) is 0. The van der Waals surface area contributed by atoms with E-state index in [0.29, 0.717) is 0 Å². The largest absolute Gasteiger partial charge is 0.299 e. The zero-order chi connectivity index (χ0) is 9.80. The average molecular weight is 192 g/mol. The molecule has 0 bridgehead atoms. The third-order valence-corrected chi connectivity index (χ3v) is 1.26. The minimum absolute atomic E-state index is 0.0855. The standard InChI is InChI=1S/C5H4N8O/c14-4(3-9-12-13-10-3)8-5-6-1-2-7-11-5/h1-2H,(H,6,8,11,14)(H,9,10,12,13). The van der Waals surface area contributed by atoms with Crippen molar-refractivity contribution in [1.82, 2.24) is 35.8 Å². The van der Waals surface area contributed by atoms with Gasteiger partial charge in [0.2, 0.25) is 5.95 Å². The van der Waals surface area contributed by atoms with E-state index in [4.69, 9.17) is 0 Å². The van der Waals surface area contributed by atoms with Crippen LogP contribution in [0.3, 0.4) is 0 Å². The highest BCUT2D eigenvalue weighted by molar-refractivity contribution is 6.00. The predicted molar refractivity (Wildman–Crippen MR) is 42.0 cm³/mol. The molecule has 0 spiro atoms. The van der Waals surface area contributed by atoms with Gasteiger partial charge in [0.25, 0.3) is 11.7 Å². The first-order valence-corrected chi connectivity index (χ1v) is 3.55. The maximum atomic E-state index is 11.3. The summed E-state index contributed by atoms with van der Waals surface area (Å²) in [6.45, 7) is 0. The van der Waals surface area contributed by atoms with E-state index in [1.54, 1.807) is 0 Å². The number of amides is 1. The van der Waals surface area contributed by atoms with Crippen molar-refractivity contribution in [2.75, 3.05) is 5.32 Å². The normalized spacial score (nSPS) is 9.71. The van der Waals surface area contributed by atoms with Crippen LogP contribution in [0.25, 0.3) is 0 Å². The lowest BCUT2D eigenvalue weighted by atomic mass is 10.6. The van der Waals surface area contributed by atoms with E-state index in [-0.39, 0.29) is 11.8 Å². The van der Waals surface area contributed by atoms with Crippen molar-refractivity contribution < 1.29 is 4.79 Å². The van der Waals surface area contributed by atoms with Gasteiger partial charge < -0.3 is 0 Å². The summed E-state index contributed by atoms with van der Waals surface area (Å²) < 4.78 is 0. The Balaban J connectivity index is 2.10. The first-order chi connectivity index (χ1) is 6.86.